The van der Waals surface area contributed by atoms with E-state index in [-0.39, 0.29) is 17.4 Å². The molecule has 0 bridgehead atoms. The van der Waals surface area contributed by atoms with Crippen molar-refractivity contribution in [2.24, 2.45) is 0 Å². The highest BCUT2D eigenvalue weighted by molar-refractivity contribution is 5.79. The Morgan fingerprint density at radius 1 is 1.00 bits per heavy atom. The Morgan fingerprint density at radius 2 is 1.72 bits per heavy atom. The lowest BCUT2D eigenvalue weighted by Crippen LogP contribution is -2.17. The molecule has 0 saturated carbocycles. The number of hydrogen-bond donors (Lipinski definition) is 1. The molecule has 5 rings (SSSR count). The van der Waals surface area contributed by atoms with Gasteiger partial charge in [-0.3, -0.25) is 9.48 Å². The third-order valence-electron chi connectivity index (χ3n) is 5.93. The zero-order valence-electron chi connectivity index (χ0n) is 18.0. The maximum absolute atomic E-state index is 13.5. The van der Waals surface area contributed by atoms with E-state index in [0.717, 1.165) is 24.2 Å². The average molecular weight is 429 g/mol. The van der Waals surface area contributed by atoms with Crippen LogP contribution in [0.25, 0.3) is 22.5 Å². The van der Waals surface area contributed by atoms with Crippen LogP contribution in [0.4, 0.5) is 10.3 Å². The molecule has 0 spiro atoms. The topological polar surface area (TPSA) is 64.7 Å². The molecule has 0 aliphatic carbocycles. The predicted molar refractivity (Wildman–Crippen MR) is 123 cm³/mol. The molecule has 0 unspecified atom stereocenters. The van der Waals surface area contributed by atoms with E-state index in [1.807, 2.05) is 10.7 Å². The maximum atomic E-state index is 13.5. The second-order valence-electron chi connectivity index (χ2n) is 8.18. The first-order valence-electron chi connectivity index (χ1n) is 10.8. The van der Waals surface area contributed by atoms with E-state index in [4.69, 9.17) is 4.98 Å². The number of aryl methyl sites for hydroxylation is 1. The third-order valence-corrected chi connectivity index (χ3v) is 5.93. The summed E-state index contributed by atoms with van der Waals surface area (Å²) in [5, 5.41) is 3.36. The van der Waals surface area contributed by atoms with Gasteiger partial charge in [-0.1, -0.05) is 42.0 Å². The molecule has 162 valence electrons. The molecular formula is C25H24FN5O. The van der Waals surface area contributed by atoms with Gasteiger partial charge in [-0.05, 0) is 49.6 Å². The SMILES string of the molecule is Cc1ccc([C@H](C)Nc2nccc(-c3c(-c4ccc(F)cc4)c(=O)n4n3CCC4)n2)cc1. The molecule has 7 heteroatoms. The lowest BCUT2D eigenvalue weighted by molar-refractivity contribution is 0.599. The summed E-state index contributed by atoms with van der Waals surface area (Å²) in [6.07, 6.45) is 2.59. The second kappa shape index (κ2) is 8.07. The van der Waals surface area contributed by atoms with E-state index < -0.39 is 0 Å². The number of nitrogens with one attached hydrogen (secondary N) is 1. The van der Waals surface area contributed by atoms with Crippen molar-refractivity contribution in [2.75, 3.05) is 5.32 Å². The highest BCUT2D eigenvalue weighted by Crippen LogP contribution is 2.32. The Balaban J connectivity index is 1.56. The summed E-state index contributed by atoms with van der Waals surface area (Å²) in [5.41, 5.74) is 4.90. The first kappa shape index (κ1) is 20.2. The maximum Gasteiger partial charge on any atom is 0.275 e. The third kappa shape index (κ3) is 3.60. The molecule has 0 radical (unpaired) electrons. The number of fused-ring (bicyclic) bond motifs is 1. The Bertz CT molecular complexity index is 1320. The smallest absolute Gasteiger partial charge is 0.275 e. The first-order valence-corrected chi connectivity index (χ1v) is 10.8. The van der Waals surface area contributed by atoms with Crippen LogP contribution in [0, 0.1) is 12.7 Å². The van der Waals surface area contributed by atoms with Gasteiger partial charge < -0.3 is 5.32 Å². The van der Waals surface area contributed by atoms with Crippen molar-refractivity contribution in [1.82, 2.24) is 19.3 Å². The lowest BCUT2D eigenvalue weighted by Gasteiger charge is -2.15. The number of rotatable bonds is 5. The number of anilines is 1. The number of halogens is 1. The van der Waals surface area contributed by atoms with Crippen molar-refractivity contribution in [1.29, 1.82) is 0 Å². The second-order valence-corrected chi connectivity index (χ2v) is 8.18. The van der Waals surface area contributed by atoms with Crippen LogP contribution in [0.5, 0.6) is 0 Å². The molecule has 2 aromatic heterocycles. The van der Waals surface area contributed by atoms with Crippen LogP contribution >= 0.6 is 0 Å². The van der Waals surface area contributed by atoms with Crippen molar-refractivity contribution < 1.29 is 4.39 Å². The highest BCUT2D eigenvalue weighted by atomic mass is 19.1. The van der Waals surface area contributed by atoms with E-state index in [1.165, 1.54) is 17.7 Å². The van der Waals surface area contributed by atoms with E-state index in [2.05, 4.69) is 48.4 Å². The van der Waals surface area contributed by atoms with E-state index in [0.29, 0.717) is 29.3 Å². The molecule has 0 saturated heterocycles. The molecule has 1 aliphatic rings. The van der Waals surface area contributed by atoms with Gasteiger partial charge in [0.15, 0.2) is 0 Å². The van der Waals surface area contributed by atoms with E-state index in [9.17, 15) is 9.18 Å². The van der Waals surface area contributed by atoms with Gasteiger partial charge in [0.25, 0.3) is 5.56 Å². The van der Waals surface area contributed by atoms with Gasteiger partial charge in [-0.2, -0.15) is 0 Å². The van der Waals surface area contributed by atoms with E-state index >= 15 is 0 Å². The predicted octanol–water partition coefficient (Wildman–Crippen LogP) is 4.80. The summed E-state index contributed by atoms with van der Waals surface area (Å²) in [4.78, 5) is 22.4. The zero-order chi connectivity index (χ0) is 22.2. The summed E-state index contributed by atoms with van der Waals surface area (Å²) in [7, 11) is 0. The quantitative estimate of drug-likeness (QED) is 0.495. The Kier molecular flexibility index (Phi) is 5.09. The first-order chi connectivity index (χ1) is 15.5. The Morgan fingerprint density at radius 3 is 2.47 bits per heavy atom. The molecule has 3 heterocycles. The molecule has 6 nitrogen and oxygen atoms in total. The number of nitrogens with zero attached hydrogens (tertiary/aromatic N) is 4. The summed E-state index contributed by atoms with van der Waals surface area (Å²) in [6.45, 7) is 5.52. The normalized spacial score (nSPS) is 13.7. The van der Waals surface area contributed by atoms with Crippen LogP contribution < -0.4 is 10.9 Å². The molecular weight excluding hydrogens is 405 g/mol. The van der Waals surface area contributed by atoms with Crippen molar-refractivity contribution >= 4 is 5.95 Å². The number of benzene rings is 2. The van der Waals surface area contributed by atoms with Crippen molar-refractivity contribution in [3.8, 4) is 22.5 Å². The number of hydrogen-bond acceptors (Lipinski definition) is 4. The fourth-order valence-electron chi connectivity index (χ4n) is 4.24. The van der Waals surface area contributed by atoms with Gasteiger partial charge in [-0.15, -0.1) is 0 Å². The molecule has 4 aromatic rings. The summed E-state index contributed by atoms with van der Waals surface area (Å²) in [5.74, 6) is 0.160. The summed E-state index contributed by atoms with van der Waals surface area (Å²) >= 11 is 0. The minimum Gasteiger partial charge on any atom is -0.348 e. The monoisotopic (exact) mass is 429 g/mol. The van der Waals surface area contributed by atoms with Crippen molar-refractivity contribution in [2.45, 2.75) is 39.4 Å². The van der Waals surface area contributed by atoms with Crippen molar-refractivity contribution in [3.05, 3.63) is 88.1 Å². The lowest BCUT2D eigenvalue weighted by atomic mass is 10.0. The van der Waals surface area contributed by atoms with Crippen LogP contribution in [0.1, 0.15) is 30.5 Å². The standard InChI is InChI=1S/C25H24FN5O/c1-16-4-6-18(7-5-16)17(2)28-25-27-13-12-21(29-25)23-22(19-8-10-20(26)11-9-19)24(32)31-15-3-14-30(23)31/h4-13,17H,3,14-15H2,1-2H3,(H,27,28,29)/t17-/m0/s1. The minimum atomic E-state index is -0.333. The van der Waals surface area contributed by atoms with Gasteiger partial charge in [0.05, 0.1) is 23.0 Å². The largest absolute Gasteiger partial charge is 0.348 e. The average Bonchev–Trinajstić information content (AvgIpc) is 3.37. The fourth-order valence-corrected chi connectivity index (χ4v) is 4.24. The van der Waals surface area contributed by atoms with Crippen LogP contribution in [0.15, 0.2) is 65.6 Å². The molecule has 1 atom stereocenters. The van der Waals surface area contributed by atoms with Crippen LogP contribution in [-0.4, -0.2) is 19.3 Å². The Labute approximate surface area is 185 Å². The van der Waals surface area contributed by atoms with Crippen molar-refractivity contribution in [3.63, 3.8) is 0 Å². The van der Waals surface area contributed by atoms with Gasteiger partial charge in [-0.25, -0.2) is 19.0 Å². The summed E-state index contributed by atoms with van der Waals surface area (Å²) in [6, 6.07) is 16.2. The molecule has 0 amide bonds. The minimum absolute atomic E-state index is 0.0184. The van der Waals surface area contributed by atoms with Crippen LogP contribution in [-0.2, 0) is 13.1 Å². The summed E-state index contributed by atoms with van der Waals surface area (Å²) < 4.78 is 17.2. The Hall–Kier alpha value is -3.74. The fraction of sp³-hybridized carbons (Fsp3) is 0.240. The zero-order valence-corrected chi connectivity index (χ0v) is 18.0. The van der Waals surface area contributed by atoms with Crippen LogP contribution in [0.3, 0.4) is 0 Å². The van der Waals surface area contributed by atoms with Gasteiger partial charge in [0, 0.05) is 19.3 Å². The molecule has 1 aliphatic heterocycles. The highest BCUT2D eigenvalue weighted by Gasteiger charge is 2.26. The molecule has 0 fully saturated rings. The number of aromatic nitrogens is 4. The van der Waals surface area contributed by atoms with Gasteiger partial charge in [0.2, 0.25) is 5.95 Å². The van der Waals surface area contributed by atoms with Gasteiger partial charge in [0.1, 0.15) is 5.82 Å². The van der Waals surface area contributed by atoms with E-state index in [1.54, 1.807) is 23.0 Å². The molecule has 32 heavy (non-hydrogen) atoms. The van der Waals surface area contributed by atoms with Gasteiger partial charge >= 0.3 is 0 Å². The molecule has 2 aromatic carbocycles. The van der Waals surface area contributed by atoms with Crippen LogP contribution in [0.2, 0.25) is 0 Å². The molecule has 1 N–H and O–H groups in total.